The van der Waals surface area contributed by atoms with Crippen molar-refractivity contribution >= 4 is 5.91 Å². The number of rotatable bonds is 7. The van der Waals surface area contributed by atoms with Crippen molar-refractivity contribution in [3.63, 3.8) is 0 Å². The van der Waals surface area contributed by atoms with E-state index in [1.807, 2.05) is 25.1 Å². The van der Waals surface area contributed by atoms with Crippen LogP contribution in [0.5, 0.6) is 0 Å². The molecule has 3 heterocycles. The highest BCUT2D eigenvalue weighted by Gasteiger charge is 2.08. The van der Waals surface area contributed by atoms with Crippen LogP contribution in [0.3, 0.4) is 0 Å². The maximum Gasteiger partial charge on any atom is 0.347 e. The van der Waals surface area contributed by atoms with Crippen LogP contribution in [0.1, 0.15) is 23.6 Å². The van der Waals surface area contributed by atoms with Crippen molar-refractivity contribution in [2.75, 3.05) is 6.54 Å². The Morgan fingerprint density at radius 3 is 2.89 bits per heavy atom. The molecule has 140 valence electrons. The minimum absolute atomic E-state index is 0.131. The third-order valence-electron chi connectivity index (χ3n) is 4.04. The Morgan fingerprint density at radius 1 is 1.30 bits per heavy atom. The van der Waals surface area contributed by atoms with Crippen molar-refractivity contribution in [2.45, 2.75) is 33.2 Å². The number of carbonyl (C=O) groups excluding carboxylic acids is 1. The zero-order valence-corrected chi connectivity index (χ0v) is 15.3. The molecule has 0 aliphatic heterocycles. The van der Waals surface area contributed by atoms with E-state index in [-0.39, 0.29) is 18.0 Å². The number of aryl methyl sites for hydroxylation is 2. The molecule has 0 saturated heterocycles. The van der Waals surface area contributed by atoms with Gasteiger partial charge in [0.15, 0.2) is 5.82 Å². The second kappa shape index (κ2) is 8.35. The van der Waals surface area contributed by atoms with Crippen LogP contribution in [-0.4, -0.2) is 42.2 Å². The van der Waals surface area contributed by atoms with Gasteiger partial charge in [-0.2, -0.15) is 10.1 Å². The Hall–Kier alpha value is -3.36. The Bertz CT molecular complexity index is 979. The summed E-state index contributed by atoms with van der Waals surface area (Å²) < 4.78 is 1.50. The van der Waals surface area contributed by atoms with Crippen LogP contribution in [0.4, 0.5) is 0 Å². The number of nitrogens with one attached hydrogen (secondary N) is 2. The third-order valence-corrected chi connectivity index (χ3v) is 4.04. The Labute approximate surface area is 155 Å². The zero-order valence-electron chi connectivity index (χ0n) is 15.3. The lowest BCUT2D eigenvalue weighted by molar-refractivity contribution is -0.121. The number of nitrogens with zero attached hydrogens (tertiary/aromatic N) is 5. The van der Waals surface area contributed by atoms with Crippen molar-refractivity contribution in [3.8, 4) is 11.4 Å². The Balaban J connectivity index is 1.47. The van der Waals surface area contributed by atoms with Gasteiger partial charge in [-0.3, -0.25) is 19.4 Å². The van der Waals surface area contributed by atoms with Gasteiger partial charge in [0.25, 0.3) is 0 Å². The van der Waals surface area contributed by atoms with E-state index >= 15 is 0 Å². The first-order chi connectivity index (χ1) is 13.0. The first kappa shape index (κ1) is 18.4. The highest BCUT2D eigenvalue weighted by molar-refractivity contribution is 5.75. The van der Waals surface area contributed by atoms with Gasteiger partial charge >= 0.3 is 5.69 Å². The van der Waals surface area contributed by atoms with Crippen LogP contribution in [0.25, 0.3) is 11.4 Å². The van der Waals surface area contributed by atoms with Crippen molar-refractivity contribution in [1.29, 1.82) is 0 Å². The molecule has 0 atom stereocenters. The lowest BCUT2D eigenvalue weighted by Gasteiger charge is -2.09. The number of hydrogen-bond donors (Lipinski definition) is 2. The fourth-order valence-corrected chi connectivity index (χ4v) is 2.70. The molecule has 0 spiro atoms. The molecule has 0 aliphatic rings. The summed E-state index contributed by atoms with van der Waals surface area (Å²) in [5.41, 5.74) is 1.97. The number of aromatic amines is 1. The molecule has 0 bridgehead atoms. The molecular weight excluding hydrogens is 346 g/mol. The van der Waals surface area contributed by atoms with Gasteiger partial charge < -0.3 is 5.32 Å². The van der Waals surface area contributed by atoms with Gasteiger partial charge in [0.05, 0.1) is 0 Å². The lowest BCUT2D eigenvalue weighted by Crippen LogP contribution is -2.30. The monoisotopic (exact) mass is 367 g/mol. The summed E-state index contributed by atoms with van der Waals surface area (Å²) in [7, 11) is 0. The summed E-state index contributed by atoms with van der Waals surface area (Å²) in [6, 6.07) is 5.52. The molecule has 0 aromatic carbocycles. The summed E-state index contributed by atoms with van der Waals surface area (Å²) in [6.45, 7) is 4.34. The van der Waals surface area contributed by atoms with Gasteiger partial charge in [0, 0.05) is 55.3 Å². The molecule has 0 radical (unpaired) electrons. The first-order valence-electron chi connectivity index (χ1n) is 8.66. The van der Waals surface area contributed by atoms with E-state index < -0.39 is 0 Å². The standard InChI is InChI=1S/C18H21N7O2/c1-12-10-13(2)25(18(27)21-12)9-6-16(26)20-8-5-15-22-17(24-23-15)14-4-3-7-19-11-14/h3-4,7,10-11H,5-6,8-9H2,1-2H3,(H,20,26)(H,22,23,24). The maximum absolute atomic E-state index is 12.0. The molecule has 3 aromatic rings. The van der Waals surface area contributed by atoms with E-state index in [2.05, 4.69) is 30.5 Å². The lowest BCUT2D eigenvalue weighted by atomic mass is 10.3. The molecule has 9 heteroatoms. The number of amides is 1. The highest BCUT2D eigenvalue weighted by Crippen LogP contribution is 2.11. The molecule has 2 N–H and O–H groups in total. The molecule has 3 aromatic heterocycles. The minimum Gasteiger partial charge on any atom is -0.356 e. The average molecular weight is 367 g/mol. The van der Waals surface area contributed by atoms with E-state index in [0.29, 0.717) is 36.9 Å². The van der Waals surface area contributed by atoms with Gasteiger partial charge in [-0.05, 0) is 32.0 Å². The summed E-state index contributed by atoms with van der Waals surface area (Å²) in [5, 5.41) is 9.84. The predicted octanol–water partition coefficient (Wildman–Crippen LogP) is 0.789. The number of aromatic nitrogens is 6. The van der Waals surface area contributed by atoms with E-state index in [0.717, 1.165) is 11.3 Å². The van der Waals surface area contributed by atoms with Gasteiger partial charge in [-0.25, -0.2) is 9.78 Å². The molecule has 0 fully saturated rings. The van der Waals surface area contributed by atoms with Crippen LogP contribution >= 0.6 is 0 Å². The van der Waals surface area contributed by atoms with Crippen LogP contribution < -0.4 is 11.0 Å². The van der Waals surface area contributed by atoms with Crippen molar-refractivity contribution in [3.05, 3.63) is 58.3 Å². The topological polar surface area (TPSA) is 118 Å². The van der Waals surface area contributed by atoms with E-state index in [1.54, 1.807) is 19.3 Å². The van der Waals surface area contributed by atoms with Crippen LogP contribution in [0.2, 0.25) is 0 Å². The van der Waals surface area contributed by atoms with Gasteiger partial charge in [0.1, 0.15) is 5.82 Å². The van der Waals surface area contributed by atoms with Gasteiger partial charge in [-0.1, -0.05) is 0 Å². The van der Waals surface area contributed by atoms with Crippen LogP contribution in [-0.2, 0) is 17.8 Å². The molecular formula is C18H21N7O2. The number of carbonyl (C=O) groups is 1. The molecule has 1 amide bonds. The van der Waals surface area contributed by atoms with Crippen molar-refractivity contribution < 1.29 is 4.79 Å². The van der Waals surface area contributed by atoms with E-state index in [9.17, 15) is 9.59 Å². The quantitative estimate of drug-likeness (QED) is 0.637. The Kier molecular flexibility index (Phi) is 5.70. The minimum atomic E-state index is -0.329. The molecule has 0 unspecified atom stereocenters. The normalized spacial score (nSPS) is 10.7. The second-order valence-corrected chi connectivity index (χ2v) is 6.17. The van der Waals surface area contributed by atoms with Crippen molar-refractivity contribution in [1.82, 2.24) is 35.0 Å². The van der Waals surface area contributed by atoms with E-state index in [4.69, 9.17) is 0 Å². The molecule has 9 nitrogen and oxygen atoms in total. The molecule has 27 heavy (non-hydrogen) atoms. The summed E-state index contributed by atoms with van der Waals surface area (Å²) in [5.74, 6) is 1.13. The van der Waals surface area contributed by atoms with Crippen LogP contribution in [0, 0.1) is 13.8 Å². The molecule has 0 aliphatic carbocycles. The first-order valence-corrected chi connectivity index (χ1v) is 8.66. The second-order valence-electron chi connectivity index (χ2n) is 6.17. The summed E-state index contributed by atoms with van der Waals surface area (Å²) in [6.07, 6.45) is 4.13. The zero-order chi connectivity index (χ0) is 19.2. The maximum atomic E-state index is 12.0. The smallest absolute Gasteiger partial charge is 0.347 e. The average Bonchev–Trinajstić information content (AvgIpc) is 3.10. The molecule has 0 saturated carbocycles. The summed E-state index contributed by atoms with van der Waals surface area (Å²) in [4.78, 5) is 36.2. The third kappa shape index (κ3) is 4.84. The fourth-order valence-electron chi connectivity index (χ4n) is 2.70. The predicted molar refractivity (Wildman–Crippen MR) is 98.9 cm³/mol. The van der Waals surface area contributed by atoms with Crippen molar-refractivity contribution in [2.24, 2.45) is 0 Å². The van der Waals surface area contributed by atoms with E-state index in [1.165, 1.54) is 4.57 Å². The highest BCUT2D eigenvalue weighted by atomic mass is 16.2. The summed E-state index contributed by atoms with van der Waals surface area (Å²) >= 11 is 0. The largest absolute Gasteiger partial charge is 0.356 e. The van der Waals surface area contributed by atoms with Gasteiger partial charge in [0.2, 0.25) is 5.91 Å². The molecule has 3 rings (SSSR count). The van der Waals surface area contributed by atoms with Gasteiger partial charge in [-0.15, -0.1) is 0 Å². The number of H-pyrrole nitrogens is 1. The SMILES string of the molecule is Cc1cc(C)n(CCC(=O)NCCc2nc(-c3cccnc3)n[nH]2)c(=O)n1. The Morgan fingerprint density at radius 2 is 2.15 bits per heavy atom. The number of hydrogen-bond acceptors (Lipinski definition) is 6. The fraction of sp³-hybridized carbons (Fsp3) is 0.333. The number of pyridine rings is 1. The van der Waals surface area contributed by atoms with Crippen LogP contribution in [0.15, 0.2) is 35.4 Å².